The lowest BCUT2D eigenvalue weighted by molar-refractivity contribution is 0.0942. The van der Waals surface area contributed by atoms with Gasteiger partial charge in [0.2, 0.25) is 0 Å². The first kappa shape index (κ1) is 13.8. The molecule has 1 aliphatic rings. The number of hydrogen-bond acceptors (Lipinski definition) is 4. The fourth-order valence-corrected chi connectivity index (χ4v) is 2.58. The standard InChI is InChI=1S/C14H22N4O/c1-3-16-13-9-15-8-12(18-13)14(19)17-7-11-5-4-10(2)6-11/h8-11H,3-7H2,1-2H3,(H,16,18)(H,17,19). The van der Waals surface area contributed by atoms with Crippen molar-refractivity contribution < 1.29 is 4.79 Å². The quantitative estimate of drug-likeness (QED) is 0.852. The Kier molecular flexibility index (Phi) is 4.71. The molecule has 1 aromatic heterocycles. The molecule has 104 valence electrons. The summed E-state index contributed by atoms with van der Waals surface area (Å²) in [4.78, 5) is 20.3. The zero-order chi connectivity index (χ0) is 13.7. The first-order chi connectivity index (χ1) is 9.19. The van der Waals surface area contributed by atoms with E-state index in [0.29, 0.717) is 17.4 Å². The minimum atomic E-state index is -0.133. The van der Waals surface area contributed by atoms with E-state index in [2.05, 4.69) is 27.5 Å². The Morgan fingerprint density at radius 2 is 2.26 bits per heavy atom. The molecule has 1 heterocycles. The van der Waals surface area contributed by atoms with Crippen LogP contribution in [0.5, 0.6) is 0 Å². The van der Waals surface area contributed by atoms with E-state index in [1.807, 2.05) is 6.92 Å². The van der Waals surface area contributed by atoms with Crippen molar-refractivity contribution in [2.45, 2.75) is 33.1 Å². The van der Waals surface area contributed by atoms with Crippen molar-refractivity contribution in [2.24, 2.45) is 11.8 Å². The van der Waals surface area contributed by atoms with Crippen molar-refractivity contribution in [3.05, 3.63) is 18.1 Å². The third-order valence-corrected chi connectivity index (χ3v) is 3.58. The maximum absolute atomic E-state index is 12.0. The van der Waals surface area contributed by atoms with Crippen LogP contribution in [0, 0.1) is 11.8 Å². The molecule has 5 heteroatoms. The van der Waals surface area contributed by atoms with Gasteiger partial charge in [-0.05, 0) is 31.6 Å². The summed E-state index contributed by atoms with van der Waals surface area (Å²) < 4.78 is 0. The van der Waals surface area contributed by atoms with Gasteiger partial charge in [0.15, 0.2) is 0 Å². The number of amides is 1. The molecule has 0 aromatic carbocycles. The number of nitrogens with one attached hydrogen (secondary N) is 2. The minimum Gasteiger partial charge on any atom is -0.369 e. The van der Waals surface area contributed by atoms with Gasteiger partial charge < -0.3 is 10.6 Å². The Morgan fingerprint density at radius 1 is 1.42 bits per heavy atom. The summed E-state index contributed by atoms with van der Waals surface area (Å²) >= 11 is 0. The average Bonchev–Trinajstić information content (AvgIpc) is 2.82. The van der Waals surface area contributed by atoms with Crippen LogP contribution in [-0.2, 0) is 0 Å². The van der Waals surface area contributed by atoms with E-state index in [1.54, 1.807) is 6.20 Å². The molecule has 0 radical (unpaired) electrons. The SMILES string of the molecule is CCNc1cncc(C(=O)NCC2CCC(C)C2)n1. The van der Waals surface area contributed by atoms with E-state index in [1.165, 1.54) is 25.5 Å². The number of aromatic nitrogens is 2. The molecule has 1 amide bonds. The Morgan fingerprint density at radius 3 is 2.95 bits per heavy atom. The number of hydrogen-bond donors (Lipinski definition) is 2. The third-order valence-electron chi connectivity index (χ3n) is 3.58. The second-order valence-corrected chi connectivity index (χ2v) is 5.31. The minimum absolute atomic E-state index is 0.133. The highest BCUT2D eigenvalue weighted by atomic mass is 16.1. The van der Waals surface area contributed by atoms with Gasteiger partial charge in [-0.2, -0.15) is 0 Å². The molecule has 2 unspecified atom stereocenters. The number of rotatable bonds is 5. The second-order valence-electron chi connectivity index (χ2n) is 5.31. The predicted octanol–water partition coefficient (Wildman–Crippen LogP) is 2.07. The van der Waals surface area contributed by atoms with E-state index in [4.69, 9.17) is 0 Å². The highest BCUT2D eigenvalue weighted by Gasteiger charge is 2.22. The van der Waals surface area contributed by atoms with Crippen LogP contribution < -0.4 is 10.6 Å². The molecule has 0 saturated heterocycles. The molecule has 0 aliphatic heterocycles. The maximum atomic E-state index is 12.0. The smallest absolute Gasteiger partial charge is 0.271 e. The van der Waals surface area contributed by atoms with Gasteiger partial charge in [0.25, 0.3) is 5.91 Å². The van der Waals surface area contributed by atoms with Gasteiger partial charge in [0.05, 0.1) is 12.4 Å². The highest BCUT2D eigenvalue weighted by molar-refractivity contribution is 5.92. The Hall–Kier alpha value is -1.65. The summed E-state index contributed by atoms with van der Waals surface area (Å²) in [7, 11) is 0. The Bertz CT molecular complexity index is 435. The zero-order valence-electron chi connectivity index (χ0n) is 11.6. The Labute approximate surface area is 114 Å². The molecule has 1 aliphatic carbocycles. The molecule has 1 fully saturated rings. The van der Waals surface area contributed by atoms with Crippen LogP contribution in [0.2, 0.25) is 0 Å². The van der Waals surface area contributed by atoms with Crippen LogP contribution in [0.1, 0.15) is 43.6 Å². The highest BCUT2D eigenvalue weighted by Crippen LogP contribution is 2.29. The van der Waals surface area contributed by atoms with E-state index in [0.717, 1.165) is 19.0 Å². The van der Waals surface area contributed by atoms with Gasteiger partial charge in [-0.1, -0.05) is 13.3 Å². The molecule has 19 heavy (non-hydrogen) atoms. The summed E-state index contributed by atoms with van der Waals surface area (Å²) in [5, 5.41) is 6.01. The number of carbonyl (C=O) groups is 1. The van der Waals surface area contributed by atoms with Gasteiger partial charge in [-0.25, -0.2) is 4.98 Å². The van der Waals surface area contributed by atoms with E-state index >= 15 is 0 Å². The van der Waals surface area contributed by atoms with Gasteiger partial charge >= 0.3 is 0 Å². The van der Waals surface area contributed by atoms with E-state index < -0.39 is 0 Å². The maximum Gasteiger partial charge on any atom is 0.271 e. The lowest BCUT2D eigenvalue weighted by Crippen LogP contribution is -2.29. The molecule has 0 bridgehead atoms. The van der Waals surface area contributed by atoms with Crippen LogP contribution in [0.3, 0.4) is 0 Å². The topological polar surface area (TPSA) is 66.9 Å². The fraction of sp³-hybridized carbons (Fsp3) is 0.643. The van der Waals surface area contributed by atoms with Crippen molar-refractivity contribution in [2.75, 3.05) is 18.4 Å². The third kappa shape index (κ3) is 3.91. The first-order valence-corrected chi connectivity index (χ1v) is 7.03. The largest absolute Gasteiger partial charge is 0.369 e. The van der Waals surface area contributed by atoms with Gasteiger partial charge in [0, 0.05) is 13.1 Å². The van der Waals surface area contributed by atoms with Gasteiger partial charge in [-0.15, -0.1) is 0 Å². The summed E-state index contributed by atoms with van der Waals surface area (Å²) in [6.45, 7) is 5.76. The van der Waals surface area contributed by atoms with Crippen molar-refractivity contribution in [3.8, 4) is 0 Å². The first-order valence-electron chi connectivity index (χ1n) is 7.03. The Balaban J connectivity index is 1.87. The predicted molar refractivity (Wildman–Crippen MR) is 75.0 cm³/mol. The fourth-order valence-electron chi connectivity index (χ4n) is 2.58. The summed E-state index contributed by atoms with van der Waals surface area (Å²) in [6.07, 6.45) is 6.83. The van der Waals surface area contributed by atoms with Crippen molar-refractivity contribution in [1.29, 1.82) is 0 Å². The van der Waals surface area contributed by atoms with Gasteiger partial charge in [-0.3, -0.25) is 9.78 Å². The monoisotopic (exact) mass is 262 g/mol. The van der Waals surface area contributed by atoms with Crippen LogP contribution in [-0.4, -0.2) is 29.0 Å². The average molecular weight is 262 g/mol. The van der Waals surface area contributed by atoms with Crippen LogP contribution in [0.4, 0.5) is 5.82 Å². The molecule has 2 atom stereocenters. The molecule has 1 aromatic rings. The lowest BCUT2D eigenvalue weighted by atomic mass is 10.1. The van der Waals surface area contributed by atoms with Crippen molar-refractivity contribution in [1.82, 2.24) is 15.3 Å². The van der Waals surface area contributed by atoms with Crippen molar-refractivity contribution in [3.63, 3.8) is 0 Å². The lowest BCUT2D eigenvalue weighted by Gasteiger charge is -2.11. The molecule has 0 spiro atoms. The second kappa shape index (κ2) is 6.50. The zero-order valence-corrected chi connectivity index (χ0v) is 11.6. The normalized spacial score (nSPS) is 22.2. The van der Waals surface area contributed by atoms with Crippen LogP contribution >= 0.6 is 0 Å². The van der Waals surface area contributed by atoms with Crippen LogP contribution in [0.25, 0.3) is 0 Å². The van der Waals surface area contributed by atoms with Crippen LogP contribution in [0.15, 0.2) is 12.4 Å². The molecule has 2 N–H and O–H groups in total. The number of carbonyl (C=O) groups excluding carboxylic acids is 1. The van der Waals surface area contributed by atoms with Crippen molar-refractivity contribution >= 4 is 11.7 Å². The number of nitrogens with zero attached hydrogens (tertiary/aromatic N) is 2. The molecular weight excluding hydrogens is 240 g/mol. The number of anilines is 1. The van der Waals surface area contributed by atoms with E-state index in [9.17, 15) is 4.79 Å². The molecule has 1 saturated carbocycles. The molecular formula is C14H22N4O. The molecule has 5 nitrogen and oxygen atoms in total. The molecule has 2 rings (SSSR count). The van der Waals surface area contributed by atoms with Gasteiger partial charge in [0.1, 0.15) is 11.5 Å². The van der Waals surface area contributed by atoms with E-state index in [-0.39, 0.29) is 5.91 Å². The summed E-state index contributed by atoms with van der Waals surface area (Å²) in [6, 6.07) is 0. The summed E-state index contributed by atoms with van der Waals surface area (Å²) in [5.74, 6) is 1.92. The summed E-state index contributed by atoms with van der Waals surface area (Å²) in [5.41, 5.74) is 0.379.